The van der Waals surface area contributed by atoms with Crippen molar-refractivity contribution in [2.45, 2.75) is 70.1 Å². The SMILES string of the molecule is O=C(CC1(C(=O)N[C@@H](Cc2ccc(-c3ccccc3)cc2)C(=O)N2CCCC2C(=O)O)CCCC1)OCc1ccccc1. The van der Waals surface area contributed by atoms with E-state index in [0.29, 0.717) is 32.2 Å². The van der Waals surface area contributed by atoms with E-state index in [4.69, 9.17) is 4.74 Å². The summed E-state index contributed by atoms with van der Waals surface area (Å²) in [6.45, 7) is 0.453. The van der Waals surface area contributed by atoms with Gasteiger partial charge >= 0.3 is 11.9 Å². The number of nitrogens with zero attached hydrogens (tertiary/aromatic N) is 1. The Morgan fingerprint density at radius 1 is 0.837 bits per heavy atom. The molecular weight excluding hydrogens is 544 g/mol. The maximum absolute atomic E-state index is 13.9. The quantitative estimate of drug-likeness (QED) is 0.303. The molecule has 2 aliphatic rings. The van der Waals surface area contributed by atoms with Gasteiger partial charge < -0.3 is 20.1 Å². The predicted molar refractivity (Wildman–Crippen MR) is 162 cm³/mol. The van der Waals surface area contributed by atoms with E-state index < -0.39 is 35.3 Å². The highest BCUT2D eigenvalue weighted by atomic mass is 16.5. The zero-order chi connectivity index (χ0) is 30.2. The summed E-state index contributed by atoms with van der Waals surface area (Å²) in [4.78, 5) is 54.0. The summed E-state index contributed by atoms with van der Waals surface area (Å²) in [6.07, 6.45) is 3.74. The first-order valence-electron chi connectivity index (χ1n) is 15.0. The number of hydrogen-bond acceptors (Lipinski definition) is 5. The maximum atomic E-state index is 13.9. The van der Waals surface area contributed by atoms with Gasteiger partial charge in [0.2, 0.25) is 11.8 Å². The van der Waals surface area contributed by atoms with E-state index in [0.717, 1.165) is 35.1 Å². The number of nitrogens with one attached hydrogen (secondary N) is 1. The van der Waals surface area contributed by atoms with Crippen molar-refractivity contribution in [3.63, 3.8) is 0 Å². The average molecular weight is 583 g/mol. The normalized spacial score (nSPS) is 18.1. The summed E-state index contributed by atoms with van der Waals surface area (Å²) >= 11 is 0. The molecule has 1 saturated heterocycles. The Labute approximate surface area is 252 Å². The van der Waals surface area contributed by atoms with E-state index in [-0.39, 0.29) is 25.4 Å². The van der Waals surface area contributed by atoms with Crippen LogP contribution in [-0.4, -0.2) is 52.4 Å². The number of ether oxygens (including phenoxy) is 1. The minimum absolute atomic E-state index is 0.0696. The van der Waals surface area contributed by atoms with Crippen molar-refractivity contribution in [1.82, 2.24) is 10.2 Å². The lowest BCUT2D eigenvalue weighted by Gasteiger charge is -2.32. The fraction of sp³-hybridized carbons (Fsp3) is 0.371. The standard InChI is InChI=1S/C35H38N2O6/c38-31(43-24-26-10-3-1-4-11-26)23-35(19-7-8-20-35)34(42)36-29(32(39)37-21-9-14-30(37)33(40)41)22-25-15-17-28(18-16-25)27-12-5-2-6-13-27/h1-6,10-13,15-18,29-30H,7-9,14,19-24H2,(H,36,42)(H,40,41)/t29-,30?/m0/s1. The van der Waals surface area contributed by atoms with Crippen molar-refractivity contribution in [2.24, 2.45) is 5.41 Å². The fourth-order valence-corrected chi connectivity index (χ4v) is 6.30. The first-order chi connectivity index (χ1) is 20.8. The Morgan fingerprint density at radius 2 is 1.47 bits per heavy atom. The summed E-state index contributed by atoms with van der Waals surface area (Å²) in [5.41, 5.74) is 2.83. The molecule has 2 fully saturated rings. The molecule has 224 valence electrons. The molecule has 1 aliphatic heterocycles. The molecule has 2 amide bonds. The van der Waals surface area contributed by atoms with Gasteiger partial charge in [0.05, 0.1) is 11.8 Å². The van der Waals surface area contributed by atoms with Gasteiger partial charge in [-0.15, -0.1) is 0 Å². The molecule has 1 aliphatic carbocycles. The molecule has 8 nitrogen and oxygen atoms in total. The number of carbonyl (C=O) groups excluding carboxylic acids is 3. The first kappa shape index (κ1) is 30.0. The van der Waals surface area contributed by atoms with E-state index in [9.17, 15) is 24.3 Å². The minimum Gasteiger partial charge on any atom is -0.480 e. The molecule has 5 rings (SSSR count). The van der Waals surface area contributed by atoms with E-state index in [2.05, 4.69) is 5.32 Å². The molecule has 2 N–H and O–H groups in total. The second-order valence-electron chi connectivity index (χ2n) is 11.6. The van der Waals surface area contributed by atoms with Crippen LogP contribution in [-0.2, 0) is 36.9 Å². The Balaban J connectivity index is 1.33. The molecule has 0 aromatic heterocycles. The third-order valence-electron chi connectivity index (χ3n) is 8.69. The number of esters is 1. The Kier molecular flexibility index (Phi) is 9.55. The van der Waals surface area contributed by atoms with E-state index >= 15 is 0 Å². The van der Waals surface area contributed by atoms with Crippen molar-refractivity contribution in [2.75, 3.05) is 6.54 Å². The number of hydrogen-bond donors (Lipinski definition) is 2. The van der Waals surface area contributed by atoms with Gasteiger partial charge in [0, 0.05) is 13.0 Å². The molecule has 1 heterocycles. The van der Waals surface area contributed by atoms with Crippen molar-refractivity contribution < 1.29 is 29.0 Å². The molecule has 8 heteroatoms. The van der Waals surface area contributed by atoms with Crippen molar-refractivity contribution in [1.29, 1.82) is 0 Å². The Hall–Kier alpha value is -4.46. The van der Waals surface area contributed by atoms with Gasteiger partial charge in [-0.25, -0.2) is 4.79 Å². The highest BCUT2D eigenvalue weighted by Crippen LogP contribution is 2.42. The second-order valence-corrected chi connectivity index (χ2v) is 11.6. The lowest BCUT2D eigenvalue weighted by molar-refractivity contribution is -0.153. The third kappa shape index (κ3) is 7.31. The smallest absolute Gasteiger partial charge is 0.326 e. The van der Waals surface area contributed by atoms with Gasteiger partial charge in [-0.05, 0) is 47.9 Å². The van der Waals surface area contributed by atoms with Crippen LogP contribution in [0.5, 0.6) is 0 Å². The lowest BCUT2D eigenvalue weighted by atomic mass is 9.81. The molecule has 1 saturated carbocycles. The van der Waals surface area contributed by atoms with Gasteiger partial charge in [0.15, 0.2) is 0 Å². The van der Waals surface area contributed by atoms with Crippen LogP contribution in [0.4, 0.5) is 0 Å². The Bertz CT molecular complexity index is 1420. The maximum Gasteiger partial charge on any atom is 0.326 e. The highest BCUT2D eigenvalue weighted by Gasteiger charge is 2.45. The first-order valence-corrected chi connectivity index (χ1v) is 15.0. The summed E-state index contributed by atoms with van der Waals surface area (Å²) in [5, 5.41) is 12.7. The number of rotatable bonds is 11. The summed E-state index contributed by atoms with van der Waals surface area (Å²) < 4.78 is 5.52. The zero-order valence-corrected chi connectivity index (χ0v) is 24.2. The number of likely N-dealkylation sites (tertiary alicyclic amines) is 1. The van der Waals surface area contributed by atoms with E-state index in [1.165, 1.54) is 4.90 Å². The molecule has 3 aromatic carbocycles. The number of benzene rings is 3. The monoisotopic (exact) mass is 582 g/mol. The number of carboxylic acids is 1. The van der Waals surface area contributed by atoms with Crippen molar-refractivity contribution >= 4 is 23.8 Å². The van der Waals surface area contributed by atoms with Gasteiger partial charge in [-0.3, -0.25) is 14.4 Å². The molecular formula is C35H38N2O6. The fourth-order valence-electron chi connectivity index (χ4n) is 6.30. The average Bonchev–Trinajstić information content (AvgIpc) is 3.72. The van der Waals surface area contributed by atoms with E-state index in [1.807, 2.05) is 84.9 Å². The largest absolute Gasteiger partial charge is 0.480 e. The van der Waals surface area contributed by atoms with Crippen LogP contribution >= 0.6 is 0 Å². The van der Waals surface area contributed by atoms with Crippen molar-refractivity contribution in [3.8, 4) is 11.1 Å². The third-order valence-corrected chi connectivity index (χ3v) is 8.69. The van der Waals surface area contributed by atoms with Crippen molar-refractivity contribution in [3.05, 3.63) is 96.1 Å². The van der Waals surface area contributed by atoms with E-state index in [1.54, 1.807) is 0 Å². The molecule has 2 atom stereocenters. The molecule has 1 unspecified atom stereocenters. The summed E-state index contributed by atoms with van der Waals surface area (Å²) in [5.74, 6) is -2.26. The summed E-state index contributed by atoms with van der Waals surface area (Å²) in [7, 11) is 0. The highest BCUT2D eigenvalue weighted by molar-refractivity contribution is 5.94. The van der Waals surface area contributed by atoms with Crippen LogP contribution in [0.15, 0.2) is 84.9 Å². The Morgan fingerprint density at radius 3 is 2.12 bits per heavy atom. The van der Waals surface area contributed by atoms with Crippen LogP contribution < -0.4 is 5.32 Å². The molecule has 0 bridgehead atoms. The van der Waals surface area contributed by atoms with Crippen LogP contribution in [0.25, 0.3) is 11.1 Å². The second kappa shape index (κ2) is 13.7. The van der Waals surface area contributed by atoms with Crippen LogP contribution in [0.3, 0.4) is 0 Å². The van der Waals surface area contributed by atoms with Gasteiger partial charge in [0.25, 0.3) is 0 Å². The molecule has 43 heavy (non-hydrogen) atoms. The predicted octanol–water partition coefficient (Wildman–Crippen LogP) is 5.15. The number of carboxylic acid groups (broad SMARTS) is 1. The summed E-state index contributed by atoms with van der Waals surface area (Å²) in [6, 6.07) is 25.3. The topological polar surface area (TPSA) is 113 Å². The van der Waals surface area contributed by atoms with Crippen LogP contribution in [0.1, 0.15) is 56.1 Å². The molecule has 0 spiro atoms. The number of carbonyl (C=O) groups is 4. The minimum atomic E-state index is -1.04. The lowest BCUT2D eigenvalue weighted by Crippen LogP contribution is -2.55. The zero-order valence-electron chi connectivity index (χ0n) is 24.2. The number of aliphatic carboxylic acids is 1. The van der Waals surface area contributed by atoms with Crippen LogP contribution in [0, 0.1) is 5.41 Å². The molecule has 0 radical (unpaired) electrons. The number of amides is 2. The van der Waals surface area contributed by atoms with Crippen LogP contribution in [0.2, 0.25) is 0 Å². The van der Waals surface area contributed by atoms with Gasteiger partial charge in [0.1, 0.15) is 18.7 Å². The molecule has 3 aromatic rings. The van der Waals surface area contributed by atoms with Gasteiger partial charge in [-0.1, -0.05) is 97.8 Å². The van der Waals surface area contributed by atoms with Gasteiger partial charge in [-0.2, -0.15) is 0 Å².